The highest BCUT2D eigenvalue weighted by Crippen LogP contribution is 2.35. The molecule has 1 aliphatic rings. The van der Waals surface area contributed by atoms with Crippen LogP contribution >= 0.6 is 0 Å². The van der Waals surface area contributed by atoms with Crippen molar-refractivity contribution in [3.05, 3.63) is 47.7 Å². The SMILES string of the molecule is CC(C)C1CC(=O)c2cc(-c3ccccc3)oc2C1. The number of carbonyl (C=O) groups excluding carboxylic acids is 1. The average Bonchev–Trinajstić information content (AvgIpc) is 2.84. The number of benzene rings is 1. The first-order chi connectivity index (χ1) is 9.15. The van der Waals surface area contributed by atoms with E-state index in [1.807, 2.05) is 36.4 Å². The topological polar surface area (TPSA) is 30.2 Å². The molecule has 0 bridgehead atoms. The predicted molar refractivity (Wildman–Crippen MR) is 75.1 cm³/mol. The molecule has 0 amide bonds. The van der Waals surface area contributed by atoms with Crippen LogP contribution in [0.1, 0.15) is 36.4 Å². The molecule has 0 saturated heterocycles. The minimum atomic E-state index is 0.228. The van der Waals surface area contributed by atoms with E-state index in [-0.39, 0.29) is 5.78 Å². The molecule has 0 radical (unpaired) electrons. The molecular formula is C17H18O2. The van der Waals surface area contributed by atoms with E-state index >= 15 is 0 Å². The largest absolute Gasteiger partial charge is 0.460 e. The molecule has 1 aliphatic carbocycles. The molecule has 0 N–H and O–H groups in total. The summed E-state index contributed by atoms with van der Waals surface area (Å²) in [6, 6.07) is 11.9. The molecule has 0 fully saturated rings. The van der Waals surface area contributed by atoms with Crippen LogP contribution in [0.3, 0.4) is 0 Å². The van der Waals surface area contributed by atoms with Crippen molar-refractivity contribution >= 4 is 5.78 Å². The van der Waals surface area contributed by atoms with Crippen molar-refractivity contribution < 1.29 is 9.21 Å². The first kappa shape index (κ1) is 12.2. The normalized spacial score (nSPS) is 18.7. The van der Waals surface area contributed by atoms with Crippen molar-refractivity contribution in [3.8, 4) is 11.3 Å². The summed E-state index contributed by atoms with van der Waals surface area (Å²) in [4.78, 5) is 12.2. The van der Waals surface area contributed by atoms with Gasteiger partial charge in [0.15, 0.2) is 5.78 Å². The molecule has 98 valence electrons. The molecule has 1 unspecified atom stereocenters. The maximum atomic E-state index is 12.2. The number of Topliss-reactive ketones (excluding diaryl/α,β-unsaturated/α-hetero) is 1. The number of hydrogen-bond donors (Lipinski definition) is 0. The van der Waals surface area contributed by atoms with Gasteiger partial charge >= 0.3 is 0 Å². The van der Waals surface area contributed by atoms with Crippen LogP contribution in [-0.2, 0) is 6.42 Å². The van der Waals surface area contributed by atoms with E-state index in [0.717, 1.165) is 29.1 Å². The van der Waals surface area contributed by atoms with Crippen molar-refractivity contribution in [1.82, 2.24) is 0 Å². The van der Waals surface area contributed by atoms with Gasteiger partial charge in [0.1, 0.15) is 11.5 Å². The summed E-state index contributed by atoms with van der Waals surface area (Å²) in [5, 5.41) is 0. The van der Waals surface area contributed by atoms with Gasteiger partial charge in [0, 0.05) is 18.4 Å². The number of ketones is 1. The molecule has 19 heavy (non-hydrogen) atoms. The van der Waals surface area contributed by atoms with E-state index in [2.05, 4.69) is 13.8 Å². The highest BCUT2D eigenvalue weighted by molar-refractivity contribution is 5.99. The molecule has 0 aliphatic heterocycles. The molecule has 1 aromatic carbocycles. The number of furan rings is 1. The Balaban J connectivity index is 1.98. The van der Waals surface area contributed by atoms with Gasteiger partial charge in [-0.25, -0.2) is 0 Å². The molecule has 1 heterocycles. The number of hydrogen-bond acceptors (Lipinski definition) is 2. The molecule has 2 heteroatoms. The molecule has 3 rings (SSSR count). The van der Waals surface area contributed by atoms with Crippen LogP contribution in [0.15, 0.2) is 40.8 Å². The second-order valence-corrected chi connectivity index (χ2v) is 5.65. The zero-order chi connectivity index (χ0) is 13.4. The second-order valence-electron chi connectivity index (χ2n) is 5.65. The third-order valence-corrected chi connectivity index (χ3v) is 4.01. The first-order valence-electron chi connectivity index (χ1n) is 6.86. The molecule has 0 saturated carbocycles. The van der Waals surface area contributed by atoms with Gasteiger partial charge in [0.05, 0.1) is 5.56 Å². The average molecular weight is 254 g/mol. The Bertz CT molecular complexity index is 593. The third-order valence-electron chi connectivity index (χ3n) is 4.01. The van der Waals surface area contributed by atoms with Crippen LogP contribution in [0.5, 0.6) is 0 Å². The minimum Gasteiger partial charge on any atom is -0.460 e. The number of fused-ring (bicyclic) bond motifs is 1. The smallest absolute Gasteiger partial charge is 0.166 e. The maximum Gasteiger partial charge on any atom is 0.166 e. The van der Waals surface area contributed by atoms with Gasteiger partial charge in [0.25, 0.3) is 0 Å². The Morgan fingerprint density at radius 2 is 1.89 bits per heavy atom. The summed E-state index contributed by atoms with van der Waals surface area (Å²) in [7, 11) is 0. The van der Waals surface area contributed by atoms with Crippen molar-refractivity contribution in [2.75, 3.05) is 0 Å². The van der Waals surface area contributed by atoms with Gasteiger partial charge in [-0.15, -0.1) is 0 Å². The van der Waals surface area contributed by atoms with Gasteiger partial charge in [-0.2, -0.15) is 0 Å². The predicted octanol–water partition coefficient (Wildman–Crippen LogP) is 4.35. The molecule has 0 spiro atoms. The van der Waals surface area contributed by atoms with E-state index < -0.39 is 0 Å². The van der Waals surface area contributed by atoms with E-state index in [9.17, 15) is 4.79 Å². The van der Waals surface area contributed by atoms with Crippen molar-refractivity contribution in [3.63, 3.8) is 0 Å². The zero-order valence-corrected chi connectivity index (χ0v) is 11.3. The summed E-state index contributed by atoms with van der Waals surface area (Å²) in [6.07, 6.45) is 1.53. The quantitative estimate of drug-likeness (QED) is 0.797. The lowest BCUT2D eigenvalue weighted by Crippen LogP contribution is -2.22. The van der Waals surface area contributed by atoms with Gasteiger partial charge in [-0.1, -0.05) is 44.2 Å². The standard InChI is InChI=1S/C17H18O2/c1-11(2)13-8-15(18)14-10-16(19-17(14)9-13)12-6-4-3-5-7-12/h3-7,10-11,13H,8-9H2,1-2H3. The Morgan fingerprint density at radius 3 is 2.58 bits per heavy atom. The van der Waals surface area contributed by atoms with Crippen LogP contribution in [0.25, 0.3) is 11.3 Å². The third kappa shape index (κ3) is 2.23. The molecule has 2 nitrogen and oxygen atoms in total. The fraction of sp³-hybridized carbons (Fsp3) is 0.353. The minimum absolute atomic E-state index is 0.228. The number of rotatable bonds is 2. The van der Waals surface area contributed by atoms with Gasteiger partial charge in [-0.3, -0.25) is 4.79 Å². The lowest BCUT2D eigenvalue weighted by atomic mass is 9.81. The summed E-state index contributed by atoms with van der Waals surface area (Å²) in [5.41, 5.74) is 1.82. The zero-order valence-electron chi connectivity index (χ0n) is 11.3. The lowest BCUT2D eigenvalue weighted by molar-refractivity contribution is 0.0927. The second kappa shape index (κ2) is 4.69. The van der Waals surface area contributed by atoms with Crippen LogP contribution in [0.2, 0.25) is 0 Å². The van der Waals surface area contributed by atoms with Crippen LogP contribution < -0.4 is 0 Å². The van der Waals surface area contributed by atoms with Crippen molar-refractivity contribution in [1.29, 1.82) is 0 Å². The van der Waals surface area contributed by atoms with Crippen molar-refractivity contribution in [2.45, 2.75) is 26.7 Å². The molecule has 2 aromatic rings. The highest BCUT2D eigenvalue weighted by Gasteiger charge is 2.30. The summed E-state index contributed by atoms with van der Waals surface area (Å²) < 4.78 is 5.92. The van der Waals surface area contributed by atoms with E-state index in [0.29, 0.717) is 18.3 Å². The fourth-order valence-electron chi connectivity index (χ4n) is 2.69. The first-order valence-corrected chi connectivity index (χ1v) is 6.86. The van der Waals surface area contributed by atoms with Crippen LogP contribution in [0.4, 0.5) is 0 Å². The number of carbonyl (C=O) groups is 1. The van der Waals surface area contributed by atoms with E-state index in [4.69, 9.17) is 4.42 Å². The van der Waals surface area contributed by atoms with Crippen LogP contribution in [0, 0.1) is 11.8 Å². The summed E-state index contributed by atoms with van der Waals surface area (Å²) >= 11 is 0. The molecular weight excluding hydrogens is 236 g/mol. The Morgan fingerprint density at radius 1 is 1.16 bits per heavy atom. The van der Waals surface area contributed by atoms with Gasteiger partial charge in [-0.05, 0) is 17.9 Å². The van der Waals surface area contributed by atoms with E-state index in [1.165, 1.54) is 0 Å². The molecule has 1 atom stereocenters. The fourth-order valence-corrected chi connectivity index (χ4v) is 2.69. The van der Waals surface area contributed by atoms with Gasteiger partial charge < -0.3 is 4.42 Å². The Hall–Kier alpha value is -1.83. The van der Waals surface area contributed by atoms with Crippen molar-refractivity contribution in [2.24, 2.45) is 11.8 Å². The van der Waals surface area contributed by atoms with Gasteiger partial charge in [0.2, 0.25) is 0 Å². The maximum absolute atomic E-state index is 12.2. The van der Waals surface area contributed by atoms with Crippen LogP contribution in [-0.4, -0.2) is 5.78 Å². The summed E-state index contributed by atoms with van der Waals surface area (Å²) in [6.45, 7) is 4.34. The highest BCUT2D eigenvalue weighted by atomic mass is 16.3. The lowest BCUT2D eigenvalue weighted by Gasteiger charge is -2.23. The monoisotopic (exact) mass is 254 g/mol. The summed E-state index contributed by atoms with van der Waals surface area (Å²) in [5.74, 6) is 2.83. The Labute approximate surface area is 113 Å². The molecule has 1 aromatic heterocycles. The Kier molecular flexibility index (Phi) is 3.02. The van der Waals surface area contributed by atoms with E-state index in [1.54, 1.807) is 0 Å².